The summed E-state index contributed by atoms with van der Waals surface area (Å²) in [6.07, 6.45) is 4.02. The van der Waals surface area contributed by atoms with Crippen molar-refractivity contribution in [3.63, 3.8) is 0 Å². The Bertz CT molecular complexity index is 492. The number of aryl methyl sites for hydroxylation is 1. The highest BCUT2D eigenvalue weighted by atomic mass is 16.1. The van der Waals surface area contributed by atoms with E-state index in [9.17, 15) is 4.79 Å². The van der Waals surface area contributed by atoms with E-state index in [0.29, 0.717) is 6.42 Å². The van der Waals surface area contributed by atoms with Crippen LogP contribution >= 0.6 is 0 Å². The van der Waals surface area contributed by atoms with E-state index >= 15 is 0 Å². The van der Waals surface area contributed by atoms with Crippen LogP contribution in [0.2, 0.25) is 0 Å². The highest BCUT2D eigenvalue weighted by Crippen LogP contribution is 2.26. The third-order valence-corrected chi connectivity index (χ3v) is 4.43. The number of likely N-dealkylation sites (tertiary alicyclic amines) is 1. The summed E-state index contributed by atoms with van der Waals surface area (Å²) < 4.78 is 0. The second kappa shape index (κ2) is 5.83. The lowest BCUT2D eigenvalue weighted by Crippen LogP contribution is -2.32. The maximum atomic E-state index is 11.3. The lowest BCUT2D eigenvalue weighted by atomic mass is 9.97. The Labute approximate surface area is 120 Å². The second-order valence-corrected chi connectivity index (χ2v) is 6.05. The molecule has 1 saturated heterocycles. The first-order valence-electron chi connectivity index (χ1n) is 7.56. The van der Waals surface area contributed by atoms with Crippen LogP contribution in [0.3, 0.4) is 0 Å². The maximum absolute atomic E-state index is 11.3. The van der Waals surface area contributed by atoms with E-state index < -0.39 is 0 Å². The van der Waals surface area contributed by atoms with Gasteiger partial charge in [-0.05, 0) is 69.1 Å². The van der Waals surface area contributed by atoms with Gasteiger partial charge in [0.1, 0.15) is 0 Å². The third-order valence-electron chi connectivity index (χ3n) is 4.43. The van der Waals surface area contributed by atoms with Gasteiger partial charge < -0.3 is 15.5 Å². The van der Waals surface area contributed by atoms with Crippen LogP contribution < -0.4 is 10.6 Å². The molecule has 108 valence electrons. The van der Waals surface area contributed by atoms with Gasteiger partial charge in [0.05, 0.1) is 0 Å². The predicted molar refractivity (Wildman–Crippen MR) is 82.1 cm³/mol. The van der Waals surface area contributed by atoms with Crippen LogP contribution in [-0.2, 0) is 11.2 Å². The summed E-state index contributed by atoms with van der Waals surface area (Å²) in [5.74, 6) is 0.909. The minimum atomic E-state index is 0.129. The Morgan fingerprint density at radius 1 is 1.30 bits per heavy atom. The Morgan fingerprint density at radius 2 is 2.10 bits per heavy atom. The first-order chi connectivity index (χ1) is 9.70. The molecule has 0 spiro atoms. The van der Waals surface area contributed by atoms with Gasteiger partial charge in [-0.3, -0.25) is 4.79 Å². The molecule has 3 rings (SSSR count). The monoisotopic (exact) mass is 273 g/mol. The predicted octanol–water partition coefficient (Wildman–Crippen LogP) is 2.33. The third kappa shape index (κ3) is 3.12. The zero-order valence-electron chi connectivity index (χ0n) is 12.1. The van der Waals surface area contributed by atoms with Crippen LogP contribution in [0.1, 0.15) is 24.8 Å². The minimum Gasteiger partial charge on any atom is -0.385 e. The zero-order valence-corrected chi connectivity index (χ0v) is 12.1. The number of hydrogen-bond acceptors (Lipinski definition) is 3. The van der Waals surface area contributed by atoms with Crippen LogP contribution in [0.4, 0.5) is 11.4 Å². The number of nitrogens with zero attached hydrogens (tertiary/aromatic N) is 1. The zero-order chi connectivity index (χ0) is 13.9. The standard InChI is InChI=1S/C16H23N3O/c1-19-8-6-12(7-9-19)11-17-14-3-4-15-13(10-14)2-5-16(20)18-15/h3-4,10,12,17H,2,5-9,11H2,1H3,(H,18,20). The molecule has 1 aromatic rings. The van der Waals surface area contributed by atoms with Gasteiger partial charge in [0.2, 0.25) is 5.91 Å². The van der Waals surface area contributed by atoms with Crippen molar-refractivity contribution in [2.75, 3.05) is 37.3 Å². The van der Waals surface area contributed by atoms with E-state index in [1.165, 1.54) is 37.2 Å². The van der Waals surface area contributed by atoms with Gasteiger partial charge >= 0.3 is 0 Å². The first kappa shape index (κ1) is 13.4. The number of nitrogens with one attached hydrogen (secondary N) is 2. The molecule has 2 heterocycles. The molecule has 2 N–H and O–H groups in total. The normalized spacial score (nSPS) is 20.4. The Kier molecular flexibility index (Phi) is 3.92. The van der Waals surface area contributed by atoms with Gasteiger partial charge in [0.15, 0.2) is 0 Å². The van der Waals surface area contributed by atoms with Crippen LogP contribution in [-0.4, -0.2) is 37.5 Å². The molecule has 0 atom stereocenters. The Morgan fingerprint density at radius 3 is 2.90 bits per heavy atom. The van der Waals surface area contributed by atoms with Gasteiger partial charge in [-0.25, -0.2) is 0 Å². The number of anilines is 2. The number of benzene rings is 1. The lowest BCUT2D eigenvalue weighted by Gasteiger charge is -2.29. The fourth-order valence-corrected chi connectivity index (χ4v) is 3.02. The average molecular weight is 273 g/mol. The van der Waals surface area contributed by atoms with Crippen LogP contribution in [0.15, 0.2) is 18.2 Å². The van der Waals surface area contributed by atoms with E-state index in [1.807, 2.05) is 6.07 Å². The van der Waals surface area contributed by atoms with Crippen molar-refractivity contribution in [3.05, 3.63) is 23.8 Å². The fraction of sp³-hybridized carbons (Fsp3) is 0.562. The van der Waals surface area contributed by atoms with Crippen molar-refractivity contribution in [1.82, 2.24) is 4.90 Å². The number of carbonyl (C=O) groups excluding carboxylic acids is 1. The van der Waals surface area contributed by atoms with Crippen molar-refractivity contribution < 1.29 is 4.79 Å². The van der Waals surface area contributed by atoms with E-state index in [4.69, 9.17) is 0 Å². The summed E-state index contributed by atoms with van der Waals surface area (Å²) in [6, 6.07) is 6.27. The maximum Gasteiger partial charge on any atom is 0.224 e. The number of amides is 1. The van der Waals surface area contributed by atoms with Crippen molar-refractivity contribution in [2.45, 2.75) is 25.7 Å². The van der Waals surface area contributed by atoms with Crippen LogP contribution in [0, 0.1) is 5.92 Å². The Hall–Kier alpha value is -1.55. The largest absolute Gasteiger partial charge is 0.385 e. The molecule has 1 fully saturated rings. The van der Waals surface area contributed by atoms with Crippen molar-refractivity contribution in [3.8, 4) is 0 Å². The molecule has 4 heteroatoms. The second-order valence-electron chi connectivity index (χ2n) is 6.05. The van der Waals surface area contributed by atoms with Crippen molar-refractivity contribution in [1.29, 1.82) is 0 Å². The molecule has 0 unspecified atom stereocenters. The summed E-state index contributed by atoms with van der Waals surface area (Å²) in [6.45, 7) is 3.48. The van der Waals surface area contributed by atoms with Crippen molar-refractivity contribution in [2.24, 2.45) is 5.92 Å². The number of fused-ring (bicyclic) bond motifs is 1. The van der Waals surface area contributed by atoms with Crippen LogP contribution in [0.25, 0.3) is 0 Å². The number of piperidine rings is 1. The van der Waals surface area contributed by atoms with Crippen molar-refractivity contribution >= 4 is 17.3 Å². The smallest absolute Gasteiger partial charge is 0.224 e. The number of hydrogen-bond donors (Lipinski definition) is 2. The summed E-state index contributed by atoms with van der Waals surface area (Å²) in [5.41, 5.74) is 3.41. The molecule has 0 bridgehead atoms. The van der Waals surface area contributed by atoms with Crippen LogP contribution in [0.5, 0.6) is 0 Å². The van der Waals surface area contributed by atoms with Gasteiger partial charge in [-0.15, -0.1) is 0 Å². The molecular weight excluding hydrogens is 250 g/mol. The highest BCUT2D eigenvalue weighted by Gasteiger charge is 2.17. The fourth-order valence-electron chi connectivity index (χ4n) is 3.02. The SMILES string of the molecule is CN1CCC(CNc2ccc3c(c2)CCC(=O)N3)CC1. The summed E-state index contributed by atoms with van der Waals surface area (Å²) in [5, 5.41) is 6.48. The summed E-state index contributed by atoms with van der Waals surface area (Å²) in [4.78, 5) is 13.7. The van der Waals surface area contributed by atoms with Gasteiger partial charge in [0.25, 0.3) is 0 Å². The molecule has 0 aliphatic carbocycles. The molecule has 1 amide bonds. The molecule has 2 aliphatic rings. The molecule has 0 saturated carbocycles. The topological polar surface area (TPSA) is 44.4 Å². The quantitative estimate of drug-likeness (QED) is 0.888. The number of rotatable bonds is 3. The van der Waals surface area contributed by atoms with Gasteiger partial charge in [0, 0.05) is 24.3 Å². The minimum absolute atomic E-state index is 0.129. The van der Waals surface area contributed by atoms with E-state index in [1.54, 1.807) is 0 Å². The van der Waals surface area contributed by atoms with Gasteiger partial charge in [-0.2, -0.15) is 0 Å². The molecule has 20 heavy (non-hydrogen) atoms. The molecule has 1 aromatic carbocycles. The van der Waals surface area contributed by atoms with Gasteiger partial charge in [-0.1, -0.05) is 0 Å². The summed E-state index contributed by atoms with van der Waals surface area (Å²) >= 11 is 0. The molecular formula is C16H23N3O. The molecule has 0 aromatic heterocycles. The molecule has 4 nitrogen and oxygen atoms in total. The Balaban J connectivity index is 1.57. The first-order valence-corrected chi connectivity index (χ1v) is 7.56. The highest BCUT2D eigenvalue weighted by molar-refractivity contribution is 5.94. The van der Waals surface area contributed by atoms with E-state index in [-0.39, 0.29) is 5.91 Å². The molecule has 0 radical (unpaired) electrons. The molecule has 2 aliphatic heterocycles. The lowest BCUT2D eigenvalue weighted by molar-refractivity contribution is -0.116. The summed E-state index contributed by atoms with van der Waals surface area (Å²) in [7, 11) is 2.20. The van der Waals surface area contributed by atoms with E-state index in [2.05, 4.69) is 34.7 Å². The number of carbonyl (C=O) groups is 1. The van der Waals surface area contributed by atoms with E-state index in [0.717, 1.165) is 24.6 Å². The average Bonchev–Trinajstić information content (AvgIpc) is 2.46.